The third kappa shape index (κ3) is 5.55. The van der Waals surface area contributed by atoms with Gasteiger partial charge in [-0.1, -0.05) is 149 Å². The fourth-order valence-corrected chi connectivity index (χ4v) is 12.6. The molecule has 2 aliphatic rings. The van der Waals surface area contributed by atoms with Crippen LogP contribution in [0.5, 0.6) is 0 Å². The van der Waals surface area contributed by atoms with Crippen LogP contribution in [0.1, 0.15) is 49.9 Å². The summed E-state index contributed by atoms with van der Waals surface area (Å²) in [7, 11) is 0. The highest BCUT2D eigenvalue weighted by atomic mass is 15.2. The van der Waals surface area contributed by atoms with Crippen molar-refractivity contribution in [2.75, 3.05) is 9.80 Å². The first-order valence-electron chi connectivity index (χ1n) is 25.0. The molecule has 0 atom stereocenters. The van der Waals surface area contributed by atoms with Gasteiger partial charge in [-0.05, 0) is 119 Å². The van der Waals surface area contributed by atoms with Crippen molar-refractivity contribution in [2.45, 2.75) is 38.5 Å². The first kappa shape index (κ1) is 40.8. The lowest BCUT2D eigenvalue weighted by Crippen LogP contribution is -2.30. The lowest BCUT2D eigenvalue weighted by Gasteiger charge is -2.42. The summed E-state index contributed by atoms with van der Waals surface area (Å²) in [6.45, 7) is 9.36. The van der Waals surface area contributed by atoms with E-state index in [0.29, 0.717) is 0 Å². The number of aromatic nitrogens is 4. The van der Waals surface area contributed by atoms with Gasteiger partial charge < -0.3 is 18.9 Å². The standard InChI is InChI=1S/C66H48N6/c1-65(2)47-21-7-15-29-57(47)69(58-30-16-8-22-48(58)65)41-33-35-55-45(39-41)43-19-5-13-27-53(43)71(55)61-37-38-62(64-63(61)67-51-25-11-12-26-52(51)68-64)72-54-28-14-6-20-44(54)46-40-42(34-36-56(46)72)70-59-31-17-9-23-49(59)66(3,4)50-24-10-18-32-60(50)70/h5-40H,1-4H3. The summed E-state index contributed by atoms with van der Waals surface area (Å²) >= 11 is 0. The Morgan fingerprint density at radius 1 is 0.292 bits per heavy atom. The van der Waals surface area contributed by atoms with Gasteiger partial charge in [-0.25, -0.2) is 9.97 Å². The quantitative estimate of drug-likeness (QED) is 0.165. The molecule has 0 spiro atoms. The van der Waals surface area contributed by atoms with Crippen LogP contribution in [0.2, 0.25) is 0 Å². The van der Waals surface area contributed by atoms with E-state index in [9.17, 15) is 0 Å². The van der Waals surface area contributed by atoms with Gasteiger partial charge in [0, 0.05) is 43.7 Å². The molecule has 0 saturated carbocycles. The highest BCUT2D eigenvalue weighted by Crippen LogP contribution is 2.54. The number of nitrogens with zero attached hydrogens (tertiary/aromatic N) is 6. The van der Waals surface area contributed by atoms with Crippen LogP contribution >= 0.6 is 0 Å². The number of hydrogen-bond acceptors (Lipinski definition) is 4. The zero-order chi connectivity index (χ0) is 48.0. The van der Waals surface area contributed by atoms with Gasteiger partial charge in [-0.3, -0.25) is 0 Å². The Kier molecular flexibility index (Phi) is 8.38. The van der Waals surface area contributed by atoms with Crippen LogP contribution in [0, 0.1) is 0 Å². The molecular weight excluding hydrogens is 877 g/mol. The van der Waals surface area contributed by atoms with Crippen LogP contribution in [-0.4, -0.2) is 19.1 Å². The number of fused-ring (bicyclic) bond motifs is 12. The minimum absolute atomic E-state index is 0.144. The van der Waals surface area contributed by atoms with Crippen molar-refractivity contribution in [3.8, 4) is 11.4 Å². The largest absolute Gasteiger partial charge is 0.310 e. The minimum atomic E-state index is -0.144. The van der Waals surface area contributed by atoms with Crippen LogP contribution in [-0.2, 0) is 10.8 Å². The van der Waals surface area contributed by atoms with E-state index in [-0.39, 0.29) is 10.8 Å². The van der Waals surface area contributed by atoms with E-state index in [2.05, 4.69) is 265 Å². The van der Waals surface area contributed by atoms with Gasteiger partial charge in [0.2, 0.25) is 0 Å². The third-order valence-corrected chi connectivity index (χ3v) is 16.0. The van der Waals surface area contributed by atoms with Crippen molar-refractivity contribution in [3.05, 3.63) is 241 Å². The molecule has 0 saturated heterocycles. The number of para-hydroxylation sites is 8. The van der Waals surface area contributed by atoms with Crippen LogP contribution in [0.4, 0.5) is 34.1 Å². The molecular formula is C66H48N6. The molecule has 0 aliphatic carbocycles. The number of anilines is 6. The second-order valence-electron chi connectivity index (χ2n) is 20.6. The smallest absolute Gasteiger partial charge is 0.116 e. The Morgan fingerprint density at radius 3 is 1.00 bits per heavy atom. The normalized spacial score (nSPS) is 14.6. The highest BCUT2D eigenvalue weighted by Gasteiger charge is 2.38. The molecule has 0 unspecified atom stereocenters. The summed E-state index contributed by atoms with van der Waals surface area (Å²) in [5.41, 5.74) is 21.8. The average molecular weight is 925 g/mol. The van der Waals surface area contributed by atoms with E-state index in [0.717, 1.165) is 66.9 Å². The summed E-state index contributed by atoms with van der Waals surface area (Å²) in [5.74, 6) is 0. The van der Waals surface area contributed by atoms with E-state index < -0.39 is 0 Å². The maximum atomic E-state index is 5.55. The number of hydrogen-bond donors (Lipinski definition) is 0. The van der Waals surface area contributed by atoms with Gasteiger partial charge in [0.05, 0.1) is 67.2 Å². The molecule has 342 valence electrons. The molecule has 0 radical (unpaired) electrons. The Hall–Kier alpha value is -9.00. The molecule has 0 N–H and O–H groups in total. The molecule has 6 heteroatoms. The van der Waals surface area contributed by atoms with Gasteiger partial charge in [-0.15, -0.1) is 0 Å². The lowest BCUT2D eigenvalue weighted by molar-refractivity contribution is 0.632. The summed E-state index contributed by atoms with van der Waals surface area (Å²) in [6, 6.07) is 79.8. The van der Waals surface area contributed by atoms with Crippen molar-refractivity contribution in [1.29, 1.82) is 0 Å². The second-order valence-corrected chi connectivity index (χ2v) is 20.6. The lowest BCUT2D eigenvalue weighted by atomic mass is 9.73. The fourth-order valence-electron chi connectivity index (χ4n) is 12.6. The van der Waals surface area contributed by atoms with Crippen molar-refractivity contribution in [3.63, 3.8) is 0 Å². The monoisotopic (exact) mass is 924 g/mol. The summed E-state index contributed by atoms with van der Waals surface area (Å²) in [6.07, 6.45) is 0. The Morgan fingerprint density at radius 2 is 0.611 bits per heavy atom. The van der Waals surface area contributed by atoms with E-state index in [4.69, 9.17) is 9.97 Å². The molecule has 15 rings (SSSR count). The minimum Gasteiger partial charge on any atom is -0.310 e. The topological polar surface area (TPSA) is 42.1 Å². The van der Waals surface area contributed by atoms with Crippen LogP contribution in [0.25, 0.3) is 77.1 Å². The Bertz CT molecular complexity index is 4050. The van der Waals surface area contributed by atoms with Gasteiger partial charge >= 0.3 is 0 Å². The third-order valence-electron chi connectivity index (χ3n) is 16.0. The molecule has 13 aromatic rings. The second kappa shape index (κ2) is 14.8. The van der Waals surface area contributed by atoms with E-state index in [1.54, 1.807) is 0 Å². The highest BCUT2D eigenvalue weighted by molar-refractivity contribution is 6.14. The fraction of sp³-hybridized carbons (Fsp3) is 0.0909. The van der Waals surface area contributed by atoms with Gasteiger partial charge in [0.1, 0.15) is 11.0 Å². The van der Waals surface area contributed by atoms with Crippen molar-refractivity contribution >= 4 is 99.8 Å². The maximum absolute atomic E-state index is 5.55. The molecule has 72 heavy (non-hydrogen) atoms. The Labute approximate surface area is 417 Å². The summed E-state index contributed by atoms with van der Waals surface area (Å²) in [4.78, 5) is 16.0. The first-order valence-corrected chi connectivity index (χ1v) is 25.0. The van der Waals surface area contributed by atoms with Crippen LogP contribution in [0.3, 0.4) is 0 Å². The molecule has 0 bridgehead atoms. The number of rotatable bonds is 4. The first-order chi connectivity index (χ1) is 35.3. The molecule has 3 aromatic heterocycles. The van der Waals surface area contributed by atoms with Crippen molar-refractivity contribution in [1.82, 2.24) is 19.1 Å². The van der Waals surface area contributed by atoms with E-state index >= 15 is 0 Å². The molecule has 5 heterocycles. The number of benzene rings is 10. The van der Waals surface area contributed by atoms with Gasteiger partial charge in [-0.2, -0.15) is 0 Å². The van der Waals surface area contributed by atoms with E-state index in [1.165, 1.54) is 66.5 Å². The van der Waals surface area contributed by atoms with Gasteiger partial charge in [0.15, 0.2) is 0 Å². The van der Waals surface area contributed by atoms with E-state index in [1.807, 2.05) is 0 Å². The summed E-state index contributed by atoms with van der Waals surface area (Å²) in [5, 5.41) is 4.71. The maximum Gasteiger partial charge on any atom is 0.116 e. The van der Waals surface area contributed by atoms with Crippen LogP contribution < -0.4 is 9.80 Å². The summed E-state index contributed by atoms with van der Waals surface area (Å²) < 4.78 is 4.80. The van der Waals surface area contributed by atoms with Gasteiger partial charge in [0.25, 0.3) is 0 Å². The Balaban J connectivity index is 0.947. The molecule has 0 fully saturated rings. The molecule has 0 amide bonds. The average Bonchev–Trinajstić information content (AvgIpc) is 3.92. The molecule has 6 nitrogen and oxygen atoms in total. The SMILES string of the molecule is CC1(C)c2ccccc2N(c2ccc3c(c2)c2ccccc2n3-c2ccc(-n3c4ccccc4c4cc(N5c6ccccc6C(C)(C)c6ccccc65)ccc43)c3nc4ccccc4nc23)c2ccccc21. The predicted molar refractivity (Wildman–Crippen MR) is 299 cm³/mol. The van der Waals surface area contributed by atoms with Crippen molar-refractivity contribution in [2.24, 2.45) is 0 Å². The zero-order valence-electron chi connectivity index (χ0n) is 40.5. The predicted octanol–water partition coefficient (Wildman–Crippen LogP) is 17.2. The van der Waals surface area contributed by atoms with Crippen molar-refractivity contribution < 1.29 is 0 Å². The molecule has 10 aromatic carbocycles. The zero-order valence-corrected chi connectivity index (χ0v) is 40.5. The van der Waals surface area contributed by atoms with Crippen LogP contribution in [0.15, 0.2) is 218 Å². The molecule has 2 aliphatic heterocycles.